The van der Waals surface area contributed by atoms with Crippen molar-refractivity contribution >= 4 is 103 Å². The number of fused-ring (bicyclic) bond motifs is 8. The fourth-order valence-electron chi connectivity index (χ4n) is 7.21. The quantitative estimate of drug-likeness (QED) is 0.175. The molecule has 10 aromatic rings. The van der Waals surface area contributed by atoms with Gasteiger partial charge in [-0.3, -0.25) is 0 Å². The number of hydrogen-bond donors (Lipinski definition) is 0. The zero-order valence-electron chi connectivity index (χ0n) is 26.2. The highest BCUT2D eigenvalue weighted by Crippen LogP contribution is 2.46. The van der Waals surface area contributed by atoms with E-state index in [1.54, 1.807) is 0 Å². The Morgan fingerprint density at radius 2 is 1.08 bits per heavy atom. The monoisotopic (exact) mass is 682 g/mol. The van der Waals surface area contributed by atoms with Crippen LogP contribution in [0.15, 0.2) is 164 Å². The molecule has 0 fully saturated rings. The lowest BCUT2D eigenvalue weighted by Crippen LogP contribution is -2.10. The molecule has 3 heterocycles. The van der Waals surface area contributed by atoms with E-state index in [2.05, 4.69) is 167 Å². The van der Waals surface area contributed by atoms with E-state index >= 15 is 0 Å². The number of benzene rings is 7. The van der Waals surface area contributed by atoms with Crippen LogP contribution < -0.4 is 4.90 Å². The number of halogens is 1. The highest BCUT2D eigenvalue weighted by Gasteiger charge is 2.21. The van der Waals surface area contributed by atoms with Crippen molar-refractivity contribution in [3.63, 3.8) is 0 Å². The van der Waals surface area contributed by atoms with E-state index < -0.39 is 0 Å². The highest BCUT2D eigenvalue weighted by molar-refractivity contribution is 7.26. The zero-order chi connectivity index (χ0) is 32.5. The predicted molar refractivity (Wildman–Crippen MR) is 214 cm³/mol. The maximum atomic E-state index is 6.57. The van der Waals surface area contributed by atoms with Gasteiger partial charge in [-0.25, -0.2) is 0 Å². The van der Waals surface area contributed by atoms with Gasteiger partial charge in [-0.15, -0.1) is 22.7 Å². The molecule has 0 amide bonds. The molecule has 232 valence electrons. The fraction of sp³-hybridized carbons (Fsp3) is 0. The maximum Gasteiger partial charge on any atom is 0.109 e. The first-order valence-electron chi connectivity index (χ1n) is 16.3. The molecule has 0 atom stereocenters. The summed E-state index contributed by atoms with van der Waals surface area (Å²) in [5.41, 5.74) is 8.05. The molecule has 49 heavy (non-hydrogen) atoms. The summed E-state index contributed by atoms with van der Waals surface area (Å²) >= 11 is 10.2. The molecule has 0 aliphatic carbocycles. The third-order valence-electron chi connectivity index (χ3n) is 9.45. The largest absolute Gasteiger partial charge is 0.310 e. The molecular weight excluding hydrogens is 656 g/mol. The minimum absolute atomic E-state index is 0.755. The van der Waals surface area contributed by atoms with E-state index in [-0.39, 0.29) is 0 Å². The second-order valence-electron chi connectivity index (χ2n) is 12.3. The normalized spacial score (nSPS) is 11.8. The van der Waals surface area contributed by atoms with Crippen molar-refractivity contribution in [2.45, 2.75) is 0 Å². The van der Waals surface area contributed by atoms with E-state index in [1.165, 1.54) is 62.5 Å². The van der Waals surface area contributed by atoms with Gasteiger partial charge in [-0.05, 0) is 90.0 Å². The lowest BCUT2D eigenvalue weighted by molar-refractivity contribution is 1.19. The Morgan fingerprint density at radius 1 is 0.449 bits per heavy atom. The maximum absolute atomic E-state index is 6.57. The SMILES string of the molecule is Clc1ccc2sc3c(c2c1)c1ccc(N(c2ccc(-c4ccccc4)cc2)c2ccc4sc5ccccc5c4c2)cc1n3-c1ccccc1. The van der Waals surface area contributed by atoms with Crippen LogP contribution in [0.1, 0.15) is 0 Å². The average Bonchev–Trinajstić information content (AvgIpc) is 3.81. The molecule has 0 aliphatic heterocycles. The lowest BCUT2D eigenvalue weighted by Gasteiger charge is -2.26. The minimum atomic E-state index is 0.755. The number of anilines is 3. The molecule has 3 aromatic heterocycles. The van der Waals surface area contributed by atoms with E-state index in [4.69, 9.17) is 11.6 Å². The van der Waals surface area contributed by atoms with Crippen molar-refractivity contribution in [3.05, 3.63) is 169 Å². The molecule has 0 saturated heterocycles. The Morgan fingerprint density at radius 3 is 1.92 bits per heavy atom. The van der Waals surface area contributed by atoms with Crippen LogP contribution in [0.5, 0.6) is 0 Å². The first kappa shape index (κ1) is 28.6. The zero-order valence-corrected chi connectivity index (χ0v) is 28.6. The van der Waals surface area contributed by atoms with Crippen molar-refractivity contribution < 1.29 is 0 Å². The number of nitrogens with zero attached hydrogens (tertiary/aromatic N) is 2. The Bertz CT molecular complexity index is 2830. The molecule has 0 saturated carbocycles. The number of rotatable bonds is 5. The minimum Gasteiger partial charge on any atom is -0.310 e. The summed E-state index contributed by atoms with van der Waals surface area (Å²) < 4.78 is 6.26. The molecule has 0 radical (unpaired) electrons. The third-order valence-corrected chi connectivity index (χ3v) is 12.0. The standard InChI is InChI=1S/C44H27ClN2S2/c45-30-17-23-42-38(25-30)43-36-22-20-34(27-39(36)47(44(43)49-42)31-11-5-2-6-12-31)46(32-18-15-29(16-19-32)28-9-3-1-4-10-28)33-21-24-41-37(26-33)35-13-7-8-14-40(35)48-41/h1-27H. The Balaban J connectivity index is 1.23. The first-order chi connectivity index (χ1) is 24.2. The van der Waals surface area contributed by atoms with Gasteiger partial charge >= 0.3 is 0 Å². The Kier molecular flexibility index (Phi) is 6.63. The van der Waals surface area contributed by atoms with E-state index in [9.17, 15) is 0 Å². The van der Waals surface area contributed by atoms with Gasteiger partial charge in [-0.1, -0.05) is 96.5 Å². The van der Waals surface area contributed by atoms with Crippen LogP contribution in [0.4, 0.5) is 17.1 Å². The topological polar surface area (TPSA) is 8.17 Å². The number of thiophene rings is 2. The van der Waals surface area contributed by atoms with Gasteiger partial charge in [0.2, 0.25) is 0 Å². The second kappa shape index (κ2) is 11.4. The van der Waals surface area contributed by atoms with Crippen molar-refractivity contribution in [2.75, 3.05) is 4.90 Å². The van der Waals surface area contributed by atoms with Crippen LogP contribution in [-0.4, -0.2) is 4.57 Å². The smallest absolute Gasteiger partial charge is 0.109 e. The van der Waals surface area contributed by atoms with E-state index in [0.29, 0.717) is 0 Å². The average molecular weight is 683 g/mol. The van der Waals surface area contributed by atoms with Gasteiger partial charge in [0.25, 0.3) is 0 Å². The van der Waals surface area contributed by atoms with Crippen LogP contribution in [-0.2, 0) is 0 Å². The molecule has 7 aromatic carbocycles. The Hall–Kier alpha value is -5.39. The van der Waals surface area contributed by atoms with Gasteiger partial charge in [-0.2, -0.15) is 0 Å². The number of para-hydroxylation sites is 1. The van der Waals surface area contributed by atoms with Crippen LogP contribution in [0.3, 0.4) is 0 Å². The highest BCUT2D eigenvalue weighted by atomic mass is 35.5. The van der Waals surface area contributed by atoms with E-state index in [1.807, 2.05) is 28.7 Å². The second-order valence-corrected chi connectivity index (χ2v) is 14.9. The van der Waals surface area contributed by atoms with Gasteiger partial charge in [0.15, 0.2) is 0 Å². The van der Waals surface area contributed by atoms with Crippen LogP contribution in [0, 0.1) is 0 Å². The van der Waals surface area contributed by atoms with Gasteiger partial charge in [0.1, 0.15) is 4.83 Å². The van der Waals surface area contributed by atoms with Gasteiger partial charge in [0, 0.05) is 68.8 Å². The molecule has 10 rings (SSSR count). The molecule has 0 bridgehead atoms. The van der Waals surface area contributed by atoms with Crippen molar-refractivity contribution in [1.82, 2.24) is 4.57 Å². The molecule has 0 unspecified atom stereocenters. The van der Waals surface area contributed by atoms with Crippen molar-refractivity contribution in [2.24, 2.45) is 0 Å². The molecular formula is C44H27ClN2S2. The summed E-state index contributed by atoms with van der Waals surface area (Å²) in [6, 6.07) is 59.0. The summed E-state index contributed by atoms with van der Waals surface area (Å²) in [5.74, 6) is 0. The summed E-state index contributed by atoms with van der Waals surface area (Å²) in [6.07, 6.45) is 0. The predicted octanol–water partition coefficient (Wildman–Crippen LogP) is 14.2. The summed E-state index contributed by atoms with van der Waals surface area (Å²) in [5, 5.41) is 6.99. The molecule has 5 heteroatoms. The molecule has 0 aliphatic rings. The summed E-state index contributed by atoms with van der Waals surface area (Å²) in [7, 11) is 0. The third kappa shape index (κ3) is 4.67. The van der Waals surface area contributed by atoms with Crippen LogP contribution in [0.25, 0.3) is 68.2 Å². The first-order valence-corrected chi connectivity index (χ1v) is 18.3. The van der Waals surface area contributed by atoms with Crippen molar-refractivity contribution in [3.8, 4) is 16.8 Å². The molecule has 0 spiro atoms. The van der Waals surface area contributed by atoms with Crippen molar-refractivity contribution in [1.29, 1.82) is 0 Å². The van der Waals surface area contributed by atoms with Crippen LogP contribution in [0.2, 0.25) is 5.02 Å². The number of hydrogen-bond acceptors (Lipinski definition) is 3. The van der Waals surface area contributed by atoms with Gasteiger partial charge in [0.05, 0.1) is 5.52 Å². The Labute approximate surface area is 296 Å². The fourth-order valence-corrected chi connectivity index (χ4v) is 9.70. The summed E-state index contributed by atoms with van der Waals surface area (Å²) in [6.45, 7) is 0. The molecule has 0 N–H and O–H groups in total. The lowest BCUT2D eigenvalue weighted by atomic mass is 10.0. The summed E-state index contributed by atoms with van der Waals surface area (Å²) in [4.78, 5) is 3.62. The van der Waals surface area contributed by atoms with Gasteiger partial charge < -0.3 is 9.47 Å². The molecule has 2 nitrogen and oxygen atoms in total. The number of aromatic nitrogens is 1. The van der Waals surface area contributed by atoms with E-state index in [0.717, 1.165) is 27.8 Å². The van der Waals surface area contributed by atoms with Crippen LogP contribution >= 0.6 is 34.3 Å².